The molecule has 0 aliphatic heterocycles. The highest BCUT2D eigenvalue weighted by atomic mass is 19.2. The summed E-state index contributed by atoms with van der Waals surface area (Å²) in [7, 11) is 0. The van der Waals surface area contributed by atoms with Crippen molar-refractivity contribution < 1.29 is 18.3 Å². The van der Waals surface area contributed by atoms with E-state index in [4.69, 9.17) is 10.8 Å². The smallest absolute Gasteiger partial charge is 0.203 e. The predicted molar refractivity (Wildman–Crippen MR) is 45.3 cm³/mol. The number of hydrogen-bond acceptors (Lipinski definition) is 2. The molecular formula is C9H10F3NO. The van der Waals surface area contributed by atoms with E-state index in [0.29, 0.717) is 6.07 Å². The largest absolute Gasteiger partial charge is 0.503 e. The molecule has 0 saturated carbocycles. The molecule has 1 rings (SSSR count). The van der Waals surface area contributed by atoms with Crippen LogP contribution in [0, 0.1) is 17.5 Å². The van der Waals surface area contributed by atoms with Gasteiger partial charge in [-0.25, -0.2) is 8.78 Å². The summed E-state index contributed by atoms with van der Waals surface area (Å²) in [6.45, 7) is 1.59. The van der Waals surface area contributed by atoms with E-state index in [-0.39, 0.29) is 12.0 Å². The summed E-state index contributed by atoms with van der Waals surface area (Å²) in [6, 6.07) is 0.307. The van der Waals surface area contributed by atoms with E-state index < -0.39 is 29.2 Å². The van der Waals surface area contributed by atoms with Crippen LogP contribution in [0.4, 0.5) is 13.2 Å². The molecule has 0 spiro atoms. The van der Waals surface area contributed by atoms with Crippen LogP contribution in [-0.2, 0) is 6.42 Å². The minimum Gasteiger partial charge on any atom is -0.503 e. The molecule has 1 aromatic rings. The second-order valence-corrected chi connectivity index (χ2v) is 3.18. The summed E-state index contributed by atoms with van der Waals surface area (Å²) in [5.74, 6) is -5.29. The maximum atomic E-state index is 13.1. The first-order valence-electron chi connectivity index (χ1n) is 4.04. The monoisotopic (exact) mass is 205 g/mol. The molecule has 14 heavy (non-hydrogen) atoms. The molecule has 0 fully saturated rings. The van der Waals surface area contributed by atoms with Crippen LogP contribution >= 0.6 is 0 Å². The molecule has 0 aromatic heterocycles. The molecule has 0 aliphatic rings. The third-order valence-corrected chi connectivity index (χ3v) is 1.75. The Morgan fingerprint density at radius 3 is 2.43 bits per heavy atom. The van der Waals surface area contributed by atoms with Gasteiger partial charge in [0.2, 0.25) is 5.82 Å². The zero-order chi connectivity index (χ0) is 10.9. The summed E-state index contributed by atoms with van der Waals surface area (Å²) < 4.78 is 38.4. The fraction of sp³-hybridized carbons (Fsp3) is 0.333. The van der Waals surface area contributed by atoms with Crippen molar-refractivity contribution in [3.8, 4) is 5.75 Å². The maximum Gasteiger partial charge on any atom is 0.203 e. The minimum absolute atomic E-state index is 0.0383. The van der Waals surface area contributed by atoms with E-state index in [9.17, 15) is 13.2 Å². The lowest BCUT2D eigenvalue weighted by atomic mass is 10.1. The maximum absolute atomic E-state index is 13.1. The molecule has 1 aromatic carbocycles. The summed E-state index contributed by atoms with van der Waals surface area (Å²) in [5.41, 5.74) is 5.24. The van der Waals surface area contributed by atoms with Gasteiger partial charge in [-0.3, -0.25) is 0 Å². The molecule has 0 amide bonds. The lowest BCUT2D eigenvalue weighted by molar-refractivity contribution is 0.372. The fourth-order valence-corrected chi connectivity index (χ4v) is 1.14. The van der Waals surface area contributed by atoms with E-state index in [1.54, 1.807) is 6.92 Å². The van der Waals surface area contributed by atoms with Gasteiger partial charge in [-0.1, -0.05) is 0 Å². The molecule has 1 unspecified atom stereocenters. The van der Waals surface area contributed by atoms with Crippen molar-refractivity contribution in [1.29, 1.82) is 0 Å². The van der Waals surface area contributed by atoms with Gasteiger partial charge in [0, 0.05) is 6.04 Å². The third-order valence-electron chi connectivity index (χ3n) is 1.75. The molecule has 5 heteroatoms. The average molecular weight is 205 g/mol. The van der Waals surface area contributed by atoms with Gasteiger partial charge in [0.15, 0.2) is 17.4 Å². The summed E-state index contributed by atoms with van der Waals surface area (Å²) in [5, 5.41) is 8.85. The number of phenolic OH excluding ortho intramolecular Hbond substituents is 1. The van der Waals surface area contributed by atoms with E-state index in [0.717, 1.165) is 0 Å². The molecule has 0 bridgehead atoms. The topological polar surface area (TPSA) is 46.2 Å². The van der Waals surface area contributed by atoms with Crippen molar-refractivity contribution in [2.75, 3.05) is 0 Å². The first-order valence-corrected chi connectivity index (χ1v) is 4.04. The molecule has 0 saturated heterocycles. The average Bonchev–Trinajstić information content (AvgIpc) is 2.10. The first kappa shape index (κ1) is 10.8. The van der Waals surface area contributed by atoms with Crippen LogP contribution in [0.1, 0.15) is 12.5 Å². The summed E-state index contributed by atoms with van der Waals surface area (Å²) in [4.78, 5) is 0. The van der Waals surface area contributed by atoms with Gasteiger partial charge >= 0.3 is 0 Å². The lowest BCUT2D eigenvalue weighted by Gasteiger charge is -2.08. The Morgan fingerprint density at radius 1 is 1.36 bits per heavy atom. The van der Waals surface area contributed by atoms with E-state index >= 15 is 0 Å². The number of nitrogens with two attached hydrogens (primary N) is 1. The normalized spacial score (nSPS) is 12.9. The first-order chi connectivity index (χ1) is 6.43. The van der Waals surface area contributed by atoms with Gasteiger partial charge in [0.25, 0.3) is 0 Å². The predicted octanol–water partition coefficient (Wildman–Crippen LogP) is 1.70. The Balaban J connectivity index is 3.19. The van der Waals surface area contributed by atoms with Crippen LogP contribution in [0.5, 0.6) is 5.75 Å². The van der Waals surface area contributed by atoms with Crippen LogP contribution in [0.2, 0.25) is 0 Å². The second kappa shape index (κ2) is 3.88. The second-order valence-electron chi connectivity index (χ2n) is 3.18. The van der Waals surface area contributed by atoms with Gasteiger partial charge in [-0.15, -0.1) is 0 Å². The Bertz CT molecular complexity index is 352. The fourth-order valence-electron chi connectivity index (χ4n) is 1.14. The van der Waals surface area contributed by atoms with Crippen LogP contribution < -0.4 is 5.73 Å². The zero-order valence-electron chi connectivity index (χ0n) is 7.52. The number of phenols is 1. The third kappa shape index (κ3) is 1.98. The van der Waals surface area contributed by atoms with Gasteiger partial charge in [0.05, 0.1) is 0 Å². The van der Waals surface area contributed by atoms with Gasteiger partial charge in [0.1, 0.15) is 0 Å². The standard InChI is InChI=1S/C9H10F3NO/c1-4(13)2-5-3-6(10)8(12)9(14)7(5)11/h3-4,14H,2,13H2,1H3. The molecule has 0 heterocycles. The SMILES string of the molecule is CC(N)Cc1cc(F)c(F)c(O)c1F. The minimum atomic E-state index is -1.57. The van der Waals surface area contributed by atoms with Crippen molar-refractivity contribution in [3.05, 3.63) is 29.1 Å². The van der Waals surface area contributed by atoms with E-state index in [2.05, 4.69) is 0 Å². The molecule has 1 atom stereocenters. The van der Waals surface area contributed by atoms with E-state index in [1.807, 2.05) is 0 Å². The van der Waals surface area contributed by atoms with Crippen LogP contribution in [0.15, 0.2) is 6.07 Å². The van der Waals surface area contributed by atoms with Crippen LogP contribution in [-0.4, -0.2) is 11.1 Å². The molecule has 3 N–H and O–H groups in total. The van der Waals surface area contributed by atoms with Crippen molar-refractivity contribution in [1.82, 2.24) is 0 Å². The van der Waals surface area contributed by atoms with Gasteiger partial charge in [-0.2, -0.15) is 4.39 Å². The number of aromatic hydroxyl groups is 1. The van der Waals surface area contributed by atoms with Crippen LogP contribution in [0.25, 0.3) is 0 Å². The van der Waals surface area contributed by atoms with Crippen molar-refractivity contribution in [2.24, 2.45) is 5.73 Å². The van der Waals surface area contributed by atoms with Crippen molar-refractivity contribution in [2.45, 2.75) is 19.4 Å². The van der Waals surface area contributed by atoms with Crippen molar-refractivity contribution in [3.63, 3.8) is 0 Å². The molecule has 78 valence electrons. The highest BCUT2D eigenvalue weighted by Gasteiger charge is 2.18. The summed E-state index contributed by atoms with van der Waals surface area (Å²) >= 11 is 0. The Morgan fingerprint density at radius 2 is 1.93 bits per heavy atom. The Labute approximate surface area is 79.2 Å². The highest BCUT2D eigenvalue weighted by molar-refractivity contribution is 5.33. The number of rotatable bonds is 2. The number of halogens is 3. The molecule has 0 radical (unpaired) electrons. The summed E-state index contributed by atoms with van der Waals surface area (Å²) in [6.07, 6.45) is 0.0383. The molecule has 0 aliphatic carbocycles. The van der Waals surface area contributed by atoms with Gasteiger partial charge < -0.3 is 10.8 Å². The quantitative estimate of drug-likeness (QED) is 0.722. The zero-order valence-corrected chi connectivity index (χ0v) is 7.52. The molecular weight excluding hydrogens is 195 g/mol. The van der Waals surface area contributed by atoms with E-state index in [1.165, 1.54) is 0 Å². The van der Waals surface area contributed by atoms with Crippen LogP contribution in [0.3, 0.4) is 0 Å². The number of benzene rings is 1. The lowest BCUT2D eigenvalue weighted by Crippen LogP contribution is -2.18. The molecule has 2 nitrogen and oxygen atoms in total. The number of hydrogen-bond donors (Lipinski definition) is 2. The van der Waals surface area contributed by atoms with Crippen molar-refractivity contribution >= 4 is 0 Å². The Hall–Kier alpha value is -1.23. The van der Waals surface area contributed by atoms with Gasteiger partial charge in [-0.05, 0) is 25.0 Å². The Kier molecular flexibility index (Phi) is 3.00. The highest BCUT2D eigenvalue weighted by Crippen LogP contribution is 2.26.